The zero-order valence-corrected chi connectivity index (χ0v) is 14.9. The molecular weight excluding hydrogens is 306 g/mol. The molecule has 134 valence electrons. The number of morpholine rings is 1. The van der Waals surface area contributed by atoms with Gasteiger partial charge in [-0.2, -0.15) is 0 Å². The van der Waals surface area contributed by atoms with E-state index >= 15 is 0 Å². The minimum Gasteiger partial charge on any atom is -0.494 e. The normalized spacial score (nSPS) is 16.7. The molecule has 1 aliphatic rings. The fourth-order valence-corrected chi connectivity index (χ4v) is 2.87. The summed E-state index contributed by atoms with van der Waals surface area (Å²) in [5.74, 6) is 1.27. The number of nitrogens with zero attached hydrogens (tertiary/aromatic N) is 1. The Kier molecular flexibility index (Phi) is 7.34. The Hall–Kier alpha value is -1.79. The van der Waals surface area contributed by atoms with E-state index in [-0.39, 0.29) is 6.03 Å². The highest BCUT2D eigenvalue weighted by Crippen LogP contribution is 2.16. The summed E-state index contributed by atoms with van der Waals surface area (Å²) in [6.45, 7) is 10.9. The van der Waals surface area contributed by atoms with E-state index in [1.165, 1.54) is 0 Å². The first-order chi connectivity index (χ1) is 11.6. The number of carbonyl (C=O) groups excluding carboxylic acids is 1. The van der Waals surface area contributed by atoms with Gasteiger partial charge < -0.3 is 20.1 Å². The van der Waals surface area contributed by atoms with Gasteiger partial charge in [-0.1, -0.05) is 13.8 Å². The van der Waals surface area contributed by atoms with Crippen molar-refractivity contribution >= 4 is 11.7 Å². The predicted octanol–water partition coefficient (Wildman–Crippen LogP) is 2.56. The van der Waals surface area contributed by atoms with Gasteiger partial charge in [-0.3, -0.25) is 4.90 Å². The Labute approximate surface area is 144 Å². The molecule has 1 aromatic rings. The van der Waals surface area contributed by atoms with Gasteiger partial charge in [-0.25, -0.2) is 4.79 Å². The van der Waals surface area contributed by atoms with Crippen molar-refractivity contribution in [3.63, 3.8) is 0 Å². The number of rotatable bonds is 7. The third-order valence-corrected chi connectivity index (χ3v) is 4.18. The van der Waals surface area contributed by atoms with E-state index in [0.717, 1.165) is 37.7 Å². The summed E-state index contributed by atoms with van der Waals surface area (Å²) >= 11 is 0. The van der Waals surface area contributed by atoms with Gasteiger partial charge in [0.25, 0.3) is 0 Å². The maximum absolute atomic E-state index is 12.1. The van der Waals surface area contributed by atoms with Crippen molar-refractivity contribution in [1.29, 1.82) is 0 Å². The molecule has 2 amide bonds. The van der Waals surface area contributed by atoms with E-state index in [0.29, 0.717) is 25.1 Å². The average molecular weight is 335 g/mol. The Morgan fingerprint density at radius 1 is 1.25 bits per heavy atom. The molecule has 0 bridgehead atoms. The SMILES string of the molecule is CCOc1ccc(NC(=O)NCC(C(C)C)N2CCOCC2)cc1. The Balaban J connectivity index is 1.81. The lowest BCUT2D eigenvalue weighted by Crippen LogP contribution is -2.51. The van der Waals surface area contributed by atoms with Crippen molar-refractivity contribution in [1.82, 2.24) is 10.2 Å². The first-order valence-electron chi connectivity index (χ1n) is 8.69. The number of anilines is 1. The molecule has 1 atom stereocenters. The summed E-state index contributed by atoms with van der Waals surface area (Å²) in [7, 11) is 0. The monoisotopic (exact) mass is 335 g/mol. The molecule has 0 spiro atoms. The molecule has 24 heavy (non-hydrogen) atoms. The number of hydrogen-bond donors (Lipinski definition) is 2. The standard InChI is InChI=1S/C18H29N3O3/c1-4-24-16-7-5-15(6-8-16)20-18(22)19-13-17(14(2)3)21-9-11-23-12-10-21/h5-8,14,17H,4,9-13H2,1-3H3,(H2,19,20,22). The fraction of sp³-hybridized carbons (Fsp3) is 0.611. The van der Waals surface area contributed by atoms with Crippen LogP contribution in [0.4, 0.5) is 10.5 Å². The van der Waals surface area contributed by atoms with Crippen molar-refractivity contribution in [2.45, 2.75) is 26.8 Å². The van der Waals surface area contributed by atoms with Crippen LogP contribution in [0.1, 0.15) is 20.8 Å². The summed E-state index contributed by atoms with van der Waals surface area (Å²) in [6, 6.07) is 7.52. The van der Waals surface area contributed by atoms with Crippen LogP contribution in [-0.4, -0.2) is 56.4 Å². The first kappa shape index (κ1) is 18.5. The van der Waals surface area contributed by atoms with Crippen LogP contribution in [0.25, 0.3) is 0 Å². The van der Waals surface area contributed by atoms with Crippen LogP contribution in [-0.2, 0) is 4.74 Å². The van der Waals surface area contributed by atoms with Crippen molar-refractivity contribution in [3.8, 4) is 5.75 Å². The Morgan fingerprint density at radius 2 is 1.92 bits per heavy atom. The minimum absolute atomic E-state index is 0.182. The van der Waals surface area contributed by atoms with E-state index in [1.54, 1.807) is 0 Å². The van der Waals surface area contributed by atoms with Gasteiger partial charge in [-0.05, 0) is 37.1 Å². The van der Waals surface area contributed by atoms with Gasteiger partial charge in [0.2, 0.25) is 0 Å². The number of amides is 2. The van der Waals surface area contributed by atoms with Crippen LogP contribution < -0.4 is 15.4 Å². The molecule has 6 nitrogen and oxygen atoms in total. The maximum Gasteiger partial charge on any atom is 0.319 e. The van der Waals surface area contributed by atoms with Gasteiger partial charge in [-0.15, -0.1) is 0 Å². The predicted molar refractivity (Wildman–Crippen MR) is 95.7 cm³/mol. The largest absolute Gasteiger partial charge is 0.494 e. The lowest BCUT2D eigenvalue weighted by Gasteiger charge is -2.36. The van der Waals surface area contributed by atoms with E-state index < -0.39 is 0 Å². The van der Waals surface area contributed by atoms with Crippen molar-refractivity contribution in [2.75, 3.05) is 44.8 Å². The highest BCUT2D eigenvalue weighted by Gasteiger charge is 2.24. The number of nitrogens with one attached hydrogen (secondary N) is 2. The van der Waals surface area contributed by atoms with Gasteiger partial charge in [0.1, 0.15) is 5.75 Å². The Morgan fingerprint density at radius 3 is 2.50 bits per heavy atom. The molecule has 0 radical (unpaired) electrons. The summed E-state index contributed by atoms with van der Waals surface area (Å²) in [6.07, 6.45) is 0. The third-order valence-electron chi connectivity index (χ3n) is 4.18. The third kappa shape index (κ3) is 5.69. The van der Waals surface area contributed by atoms with Crippen molar-refractivity contribution in [3.05, 3.63) is 24.3 Å². The average Bonchev–Trinajstić information content (AvgIpc) is 2.58. The molecule has 1 unspecified atom stereocenters. The van der Waals surface area contributed by atoms with Crippen molar-refractivity contribution < 1.29 is 14.3 Å². The highest BCUT2D eigenvalue weighted by atomic mass is 16.5. The van der Waals surface area contributed by atoms with Crippen LogP contribution in [0.5, 0.6) is 5.75 Å². The molecule has 0 aliphatic carbocycles. The second kappa shape index (κ2) is 9.49. The maximum atomic E-state index is 12.1. The van der Waals surface area contributed by atoms with Gasteiger partial charge in [0.15, 0.2) is 0 Å². The van der Waals surface area contributed by atoms with Crippen LogP contribution in [0.2, 0.25) is 0 Å². The van der Waals surface area contributed by atoms with E-state index in [1.807, 2.05) is 31.2 Å². The van der Waals surface area contributed by atoms with Crippen molar-refractivity contribution in [2.24, 2.45) is 5.92 Å². The molecule has 1 aromatic carbocycles. The van der Waals surface area contributed by atoms with E-state index in [2.05, 4.69) is 29.4 Å². The lowest BCUT2D eigenvalue weighted by molar-refractivity contribution is 0.00728. The Bertz CT molecular complexity index is 499. The molecule has 1 aliphatic heterocycles. The summed E-state index contributed by atoms with van der Waals surface area (Å²) in [5.41, 5.74) is 0.753. The fourth-order valence-electron chi connectivity index (χ4n) is 2.87. The van der Waals surface area contributed by atoms with Crippen LogP contribution in [0, 0.1) is 5.92 Å². The quantitative estimate of drug-likeness (QED) is 0.804. The molecule has 2 rings (SSSR count). The van der Waals surface area contributed by atoms with Crippen LogP contribution in [0.15, 0.2) is 24.3 Å². The second-order valence-corrected chi connectivity index (χ2v) is 6.25. The lowest BCUT2D eigenvalue weighted by atomic mass is 10.0. The van der Waals surface area contributed by atoms with Gasteiger partial charge in [0, 0.05) is 31.4 Å². The number of urea groups is 1. The molecule has 0 aromatic heterocycles. The minimum atomic E-state index is -0.182. The molecule has 2 N–H and O–H groups in total. The number of benzene rings is 1. The zero-order valence-electron chi connectivity index (χ0n) is 14.9. The number of hydrogen-bond acceptors (Lipinski definition) is 4. The molecule has 1 saturated heterocycles. The molecule has 6 heteroatoms. The zero-order chi connectivity index (χ0) is 17.4. The number of carbonyl (C=O) groups is 1. The topological polar surface area (TPSA) is 62.8 Å². The van der Waals surface area contributed by atoms with Crippen LogP contribution in [0.3, 0.4) is 0 Å². The molecule has 1 fully saturated rings. The highest BCUT2D eigenvalue weighted by molar-refractivity contribution is 5.89. The molecular formula is C18H29N3O3. The summed E-state index contributed by atoms with van der Waals surface area (Å²) in [4.78, 5) is 14.5. The summed E-state index contributed by atoms with van der Waals surface area (Å²) < 4.78 is 10.8. The van der Waals surface area contributed by atoms with E-state index in [4.69, 9.17) is 9.47 Å². The molecule has 1 heterocycles. The number of ether oxygens (including phenoxy) is 2. The van der Waals surface area contributed by atoms with E-state index in [9.17, 15) is 4.79 Å². The molecule has 0 saturated carbocycles. The van der Waals surface area contributed by atoms with Gasteiger partial charge >= 0.3 is 6.03 Å². The first-order valence-corrected chi connectivity index (χ1v) is 8.69. The summed E-state index contributed by atoms with van der Waals surface area (Å²) in [5, 5.41) is 5.85. The van der Waals surface area contributed by atoms with Gasteiger partial charge in [0.05, 0.1) is 19.8 Å². The van der Waals surface area contributed by atoms with Crippen LogP contribution >= 0.6 is 0 Å². The second-order valence-electron chi connectivity index (χ2n) is 6.25. The smallest absolute Gasteiger partial charge is 0.319 e.